The van der Waals surface area contributed by atoms with Crippen LogP contribution in [0.3, 0.4) is 0 Å². The molecule has 1 saturated carbocycles. The number of amides is 2. The second-order valence-corrected chi connectivity index (χ2v) is 11.7. The van der Waals surface area contributed by atoms with Gasteiger partial charge in [-0.2, -0.15) is 0 Å². The maximum Gasteiger partial charge on any atom is 0.348 e. The van der Waals surface area contributed by atoms with E-state index in [9.17, 15) is 18.8 Å². The minimum atomic E-state index is -0.464. The van der Waals surface area contributed by atoms with Crippen LogP contribution in [0.2, 0.25) is 0 Å². The molecule has 41 heavy (non-hydrogen) atoms. The number of fused-ring (bicyclic) bond motifs is 4. The van der Waals surface area contributed by atoms with E-state index in [0.717, 1.165) is 29.7 Å². The van der Waals surface area contributed by atoms with Crippen molar-refractivity contribution in [2.45, 2.75) is 38.6 Å². The quantitative estimate of drug-likeness (QED) is 0.338. The molecule has 2 atom stereocenters. The van der Waals surface area contributed by atoms with Crippen LogP contribution in [0, 0.1) is 11.7 Å². The Kier molecular flexibility index (Phi) is 7.48. The zero-order valence-corrected chi connectivity index (χ0v) is 23.9. The number of nitrogens with zero attached hydrogens (tertiary/aromatic N) is 2. The molecule has 6 rings (SSSR count). The van der Waals surface area contributed by atoms with Gasteiger partial charge in [0.1, 0.15) is 15.9 Å². The van der Waals surface area contributed by atoms with Gasteiger partial charge >= 0.3 is 5.97 Å². The standard InChI is InChI=1S/C31H27ClFN3O4S/c1-2-40-31(39)26-15-19-12-13-36(25-16-20(33)8-11-22(25)27(19)41-26)30(38)17-6-9-21(10-7-17)34-29(37)23-14-18-4-3-5-24(18)35-28(23)32/h6-11,14-16,18,24H,2-5,12-13H2,1H3,(H,34,37). The number of hydrogen-bond acceptors (Lipinski definition) is 6. The summed E-state index contributed by atoms with van der Waals surface area (Å²) in [6, 6.07) is 12.9. The average molecular weight is 592 g/mol. The van der Waals surface area contributed by atoms with Crippen molar-refractivity contribution >= 4 is 57.3 Å². The number of benzene rings is 2. The Labute approximate surface area is 245 Å². The lowest BCUT2D eigenvalue weighted by molar-refractivity contribution is -0.112. The van der Waals surface area contributed by atoms with Crippen molar-refractivity contribution < 1.29 is 23.5 Å². The molecule has 0 bridgehead atoms. The summed E-state index contributed by atoms with van der Waals surface area (Å²) in [6.45, 7) is 2.32. The van der Waals surface area contributed by atoms with Crippen LogP contribution >= 0.6 is 22.9 Å². The molecule has 1 N–H and O–H groups in total. The van der Waals surface area contributed by atoms with Crippen LogP contribution in [-0.4, -0.2) is 42.1 Å². The van der Waals surface area contributed by atoms with Crippen molar-refractivity contribution in [2.24, 2.45) is 10.9 Å². The van der Waals surface area contributed by atoms with Gasteiger partial charge in [0.25, 0.3) is 11.8 Å². The SMILES string of the molecule is CCOC(=O)c1cc2c(s1)-c1ccc(F)cc1N(C(=O)c1ccc(NC(=O)C3=CC4CCCC4N=C3Cl)cc1)CC2. The van der Waals surface area contributed by atoms with E-state index in [1.807, 2.05) is 6.08 Å². The summed E-state index contributed by atoms with van der Waals surface area (Å²) in [4.78, 5) is 46.3. The van der Waals surface area contributed by atoms with E-state index >= 15 is 0 Å². The number of rotatable bonds is 5. The lowest BCUT2D eigenvalue weighted by Gasteiger charge is -2.23. The highest BCUT2D eigenvalue weighted by atomic mass is 35.5. The smallest absolute Gasteiger partial charge is 0.348 e. The molecule has 2 aromatic carbocycles. The van der Waals surface area contributed by atoms with Crippen molar-refractivity contribution in [3.05, 3.63) is 82.0 Å². The molecule has 1 aliphatic carbocycles. The molecule has 0 saturated heterocycles. The van der Waals surface area contributed by atoms with Gasteiger partial charge in [-0.3, -0.25) is 14.6 Å². The van der Waals surface area contributed by atoms with E-state index in [1.165, 1.54) is 23.5 Å². The number of ether oxygens (including phenoxy) is 1. The second-order valence-electron chi connectivity index (χ2n) is 10.2. The van der Waals surface area contributed by atoms with E-state index in [4.69, 9.17) is 16.3 Å². The number of aliphatic imine (C=N–C) groups is 1. The molecule has 3 aliphatic rings. The van der Waals surface area contributed by atoms with E-state index in [1.54, 1.807) is 48.2 Å². The van der Waals surface area contributed by atoms with Gasteiger partial charge < -0.3 is 15.0 Å². The Morgan fingerprint density at radius 2 is 1.95 bits per heavy atom. The van der Waals surface area contributed by atoms with Crippen LogP contribution in [0.1, 0.15) is 51.8 Å². The fraction of sp³-hybridized carbons (Fsp3) is 0.290. The first-order chi connectivity index (χ1) is 19.8. The number of carbonyl (C=O) groups excluding carboxylic acids is 3. The molecule has 0 radical (unpaired) electrons. The minimum absolute atomic E-state index is 0.160. The zero-order chi connectivity index (χ0) is 28.7. The first kappa shape index (κ1) is 27.4. The molecule has 7 nitrogen and oxygen atoms in total. The summed E-state index contributed by atoms with van der Waals surface area (Å²) in [5.41, 5.74) is 3.30. The molecule has 1 aromatic heterocycles. The molecule has 3 heterocycles. The molecule has 10 heteroatoms. The van der Waals surface area contributed by atoms with Gasteiger partial charge in [-0.15, -0.1) is 11.3 Å². The number of anilines is 2. The van der Waals surface area contributed by atoms with E-state index in [0.29, 0.717) is 45.9 Å². The van der Waals surface area contributed by atoms with Crippen molar-refractivity contribution in [3.8, 4) is 10.4 Å². The monoisotopic (exact) mass is 591 g/mol. The highest BCUT2D eigenvalue weighted by Crippen LogP contribution is 2.42. The van der Waals surface area contributed by atoms with Crippen LogP contribution in [0.15, 0.2) is 65.2 Å². The number of hydrogen-bond donors (Lipinski definition) is 1. The first-order valence-electron chi connectivity index (χ1n) is 13.6. The van der Waals surface area contributed by atoms with Gasteiger partial charge in [-0.25, -0.2) is 9.18 Å². The predicted octanol–water partition coefficient (Wildman–Crippen LogP) is 6.62. The van der Waals surface area contributed by atoms with Crippen molar-refractivity contribution in [3.63, 3.8) is 0 Å². The Morgan fingerprint density at radius 3 is 2.73 bits per heavy atom. The van der Waals surface area contributed by atoms with Gasteiger partial charge in [-0.1, -0.05) is 24.1 Å². The lowest BCUT2D eigenvalue weighted by atomic mass is 9.97. The predicted molar refractivity (Wildman–Crippen MR) is 159 cm³/mol. The fourth-order valence-corrected chi connectivity index (χ4v) is 7.08. The Hall–Kier alpha value is -3.82. The highest BCUT2D eigenvalue weighted by Gasteiger charge is 2.32. The summed E-state index contributed by atoms with van der Waals surface area (Å²) in [7, 11) is 0. The van der Waals surface area contributed by atoms with Crippen LogP contribution < -0.4 is 10.2 Å². The molecule has 1 fully saturated rings. The van der Waals surface area contributed by atoms with Crippen molar-refractivity contribution in [1.82, 2.24) is 0 Å². The van der Waals surface area contributed by atoms with Crippen LogP contribution in [0.5, 0.6) is 0 Å². The molecule has 210 valence electrons. The normalized spacial score (nSPS) is 19.2. The second kappa shape index (κ2) is 11.2. The molecule has 0 spiro atoms. The molecular formula is C31H27ClFN3O4S. The van der Waals surface area contributed by atoms with E-state index in [2.05, 4.69) is 10.3 Å². The van der Waals surface area contributed by atoms with Crippen LogP contribution in [0.4, 0.5) is 15.8 Å². The number of esters is 1. The van der Waals surface area contributed by atoms with Gasteiger partial charge in [-0.05, 0) is 80.3 Å². The van der Waals surface area contributed by atoms with Crippen molar-refractivity contribution in [1.29, 1.82) is 0 Å². The molecule has 2 aliphatic heterocycles. The maximum atomic E-state index is 14.4. The average Bonchev–Trinajstić information content (AvgIpc) is 3.57. The molecule has 2 unspecified atom stereocenters. The van der Waals surface area contributed by atoms with Crippen LogP contribution in [0.25, 0.3) is 10.4 Å². The number of carbonyl (C=O) groups is 3. The molecular weight excluding hydrogens is 565 g/mol. The number of nitrogens with one attached hydrogen (secondary N) is 1. The third-order valence-electron chi connectivity index (χ3n) is 7.68. The van der Waals surface area contributed by atoms with E-state index < -0.39 is 11.8 Å². The number of thiophene rings is 1. The van der Waals surface area contributed by atoms with Crippen molar-refractivity contribution in [2.75, 3.05) is 23.4 Å². The van der Waals surface area contributed by atoms with Crippen LogP contribution in [-0.2, 0) is 16.0 Å². The Balaban J connectivity index is 1.22. The van der Waals surface area contributed by atoms with Gasteiger partial charge in [0, 0.05) is 34.2 Å². The lowest BCUT2D eigenvalue weighted by Crippen LogP contribution is -2.32. The third kappa shape index (κ3) is 5.31. The third-order valence-corrected chi connectivity index (χ3v) is 9.17. The summed E-state index contributed by atoms with van der Waals surface area (Å²) in [5.74, 6) is -1.26. The summed E-state index contributed by atoms with van der Waals surface area (Å²) in [5, 5.41) is 3.08. The van der Waals surface area contributed by atoms with Gasteiger partial charge in [0.2, 0.25) is 0 Å². The highest BCUT2D eigenvalue weighted by molar-refractivity contribution is 7.17. The number of dihydropyridines is 1. The summed E-state index contributed by atoms with van der Waals surface area (Å²) < 4.78 is 19.6. The van der Waals surface area contributed by atoms with E-state index in [-0.39, 0.29) is 35.6 Å². The fourth-order valence-electron chi connectivity index (χ4n) is 5.67. The topological polar surface area (TPSA) is 88.1 Å². The minimum Gasteiger partial charge on any atom is -0.462 e. The Bertz CT molecular complexity index is 1610. The number of halogens is 2. The maximum absolute atomic E-state index is 14.4. The zero-order valence-electron chi connectivity index (χ0n) is 22.3. The van der Waals surface area contributed by atoms with Gasteiger partial charge in [0.05, 0.1) is 23.9 Å². The van der Waals surface area contributed by atoms with Gasteiger partial charge in [0.15, 0.2) is 0 Å². The first-order valence-corrected chi connectivity index (χ1v) is 14.8. The summed E-state index contributed by atoms with van der Waals surface area (Å²) >= 11 is 7.60. The molecule has 3 aromatic rings. The Morgan fingerprint density at radius 1 is 1.15 bits per heavy atom. The molecule has 2 amide bonds. The summed E-state index contributed by atoms with van der Waals surface area (Å²) in [6.07, 6.45) is 5.46. The largest absolute Gasteiger partial charge is 0.462 e.